The number of hydrogen-bond donors (Lipinski definition) is 0. The molecule has 0 N–H and O–H groups in total. The summed E-state index contributed by atoms with van der Waals surface area (Å²) in [6.45, 7) is 0. The monoisotopic (exact) mass is 760 g/mol. The maximum Gasteiger partial charge on any atom is 0.163 e. The van der Waals surface area contributed by atoms with Gasteiger partial charge >= 0.3 is 0 Å². The standard InChI is InChI=1S/C52H32N4OS/c1-3-12-32(13-4-1)51-53-49(54-52(55-51)33-14-5-2-6-15-33)30-36-16-11-21-48-50(36)42-28-34(23-27-47(42)58-48)35-22-25-40-41-31-37(24-26-45(41)57-46(40)29-35)56-43-19-9-7-17-38(43)39-18-8-10-20-44(39)56/h1-29,31H,30H2. The zero-order chi connectivity index (χ0) is 38.2. The quantitative estimate of drug-likeness (QED) is 0.169. The molecule has 0 bridgehead atoms. The Morgan fingerprint density at radius 2 is 1.09 bits per heavy atom. The van der Waals surface area contributed by atoms with Gasteiger partial charge in [-0.3, -0.25) is 0 Å². The molecule has 4 aromatic heterocycles. The van der Waals surface area contributed by atoms with Gasteiger partial charge in [0.1, 0.15) is 17.0 Å². The average molecular weight is 761 g/mol. The van der Waals surface area contributed by atoms with Crippen molar-refractivity contribution in [3.63, 3.8) is 0 Å². The molecule has 0 spiro atoms. The van der Waals surface area contributed by atoms with Gasteiger partial charge in [-0.1, -0.05) is 121 Å². The average Bonchev–Trinajstić information content (AvgIpc) is 3.96. The Labute approximate surface area is 337 Å². The molecule has 0 unspecified atom stereocenters. The highest BCUT2D eigenvalue weighted by Gasteiger charge is 2.17. The van der Waals surface area contributed by atoms with Crippen LogP contribution in [-0.2, 0) is 6.42 Å². The highest BCUT2D eigenvalue weighted by molar-refractivity contribution is 7.25. The predicted octanol–water partition coefficient (Wildman–Crippen LogP) is 13.8. The molecule has 0 aliphatic carbocycles. The van der Waals surface area contributed by atoms with Gasteiger partial charge in [0.2, 0.25) is 0 Å². The molecule has 12 aromatic rings. The van der Waals surface area contributed by atoms with Crippen LogP contribution in [0.4, 0.5) is 0 Å². The van der Waals surface area contributed by atoms with Crippen molar-refractivity contribution in [3.05, 3.63) is 193 Å². The van der Waals surface area contributed by atoms with E-state index in [0.29, 0.717) is 18.1 Å². The maximum absolute atomic E-state index is 6.55. The van der Waals surface area contributed by atoms with Crippen LogP contribution in [0.5, 0.6) is 0 Å². The smallest absolute Gasteiger partial charge is 0.163 e. The molecule has 0 amide bonds. The third kappa shape index (κ3) is 5.34. The van der Waals surface area contributed by atoms with Crippen molar-refractivity contribution in [3.8, 4) is 39.6 Å². The lowest BCUT2D eigenvalue weighted by Gasteiger charge is -2.09. The Hall–Kier alpha value is -7.41. The zero-order valence-electron chi connectivity index (χ0n) is 31.1. The van der Waals surface area contributed by atoms with E-state index < -0.39 is 0 Å². The largest absolute Gasteiger partial charge is 0.456 e. The van der Waals surface area contributed by atoms with Crippen LogP contribution in [-0.4, -0.2) is 19.5 Å². The minimum absolute atomic E-state index is 0.580. The molecular formula is C52H32N4OS. The SMILES string of the molecule is c1ccc(-c2nc(Cc3cccc4sc5ccc(-c6ccc7c(c6)oc6ccc(-n8c9ccccc9c9ccccc98)cc67)cc5c34)nc(-c3ccccc3)n2)cc1. The predicted molar refractivity (Wildman–Crippen MR) is 240 cm³/mol. The van der Waals surface area contributed by atoms with Crippen molar-refractivity contribution in [2.24, 2.45) is 0 Å². The fourth-order valence-electron chi connectivity index (χ4n) is 8.61. The van der Waals surface area contributed by atoms with Crippen LogP contribution in [0.1, 0.15) is 11.4 Å². The number of hydrogen-bond acceptors (Lipinski definition) is 5. The van der Waals surface area contributed by atoms with Gasteiger partial charge in [0.25, 0.3) is 0 Å². The molecular weight excluding hydrogens is 729 g/mol. The zero-order valence-corrected chi connectivity index (χ0v) is 31.9. The van der Waals surface area contributed by atoms with Crippen LogP contribution in [0.15, 0.2) is 186 Å². The van der Waals surface area contributed by atoms with Gasteiger partial charge in [-0.05, 0) is 77.4 Å². The summed E-state index contributed by atoms with van der Waals surface area (Å²) < 4.78 is 11.4. The van der Waals surface area contributed by atoms with E-state index in [0.717, 1.165) is 55.7 Å². The first-order chi connectivity index (χ1) is 28.7. The van der Waals surface area contributed by atoms with Crippen LogP contribution in [0.3, 0.4) is 0 Å². The van der Waals surface area contributed by atoms with Crippen LogP contribution in [0.2, 0.25) is 0 Å². The minimum Gasteiger partial charge on any atom is -0.456 e. The lowest BCUT2D eigenvalue weighted by Crippen LogP contribution is -2.04. The topological polar surface area (TPSA) is 56.7 Å². The first kappa shape index (κ1) is 32.8. The highest BCUT2D eigenvalue weighted by atomic mass is 32.1. The summed E-state index contributed by atoms with van der Waals surface area (Å²) in [4.78, 5) is 15.0. The molecule has 4 heterocycles. The number of benzene rings is 8. The molecule has 0 aliphatic rings. The number of aromatic nitrogens is 4. The fourth-order valence-corrected chi connectivity index (χ4v) is 9.75. The lowest BCUT2D eigenvalue weighted by molar-refractivity contribution is 0.669. The van der Waals surface area contributed by atoms with Gasteiger partial charge in [-0.25, -0.2) is 15.0 Å². The van der Waals surface area contributed by atoms with Crippen LogP contribution >= 0.6 is 11.3 Å². The Balaban J connectivity index is 0.942. The molecule has 0 atom stereocenters. The summed E-state index contributed by atoms with van der Waals surface area (Å²) in [7, 11) is 0. The molecule has 272 valence electrons. The normalized spacial score (nSPS) is 11.9. The number of nitrogens with zero attached hydrogens (tertiary/aromatic N) is 4. The molecule has 0 saturated heterocycles. The summed E-state index contributed by atoms with van der Waals surface area (Å²) >= 11 is 1.82. The maximum atomic E-state index is 6.55. The van der Waals surface area contributed by atoms with Crippen molar-refractivity contribution in [1.29, 1.82) is 0 Å². The molecule has 0 fully saturated rings. The molecule has 5 nitrogen and oxygen atoms in total. The number of fused-ring (bicyclic) bond motifs is 9. The lowest BCUT2D eigenvalue weighted by atomic mass is 9.99. The van der Waals surface area contributed by atoms with E-state index >= 15 is 0 Å². The molecule has 58 heavy (non-hydrogen) atoms. The third-order valence-corrected chi connectivity index (χ3v) is 12.4. The molecule has 0 radical (unpaired) electrons. The first-order valence-electron chi connectivity index (χ1n) is 19.5. The van der Waals surface area contributed by atoms with E-state index in [4.69, 9.17) is 19.4 Å². The molecule has 0 saturated carbocycles. The number of rotatable bonds is 6. The summed E-state index contributed by atoms with van der Waals surface area (Å²) in [5, 5.41) is 7.19. The molecule has 8 aromatic carbocycles. The number of para-hydroxylation sites is 2. The van der Waals surface area contributed by atoms with Crippen LogP contribution < -0.4 is 0 Å². The third-order valence-electron chi connectivity index (χ3n) is 11.3. The molecule has 0 aliphatic heterocycles. The van der Waals surface area contributed by atoms with Crippen molar-refractivity contribution < 1.29 is 4.42 Å². The van der Waals surface area contributed by atoms with Crippen molar-refractivity contribution in [2.45, 2.75) is 6.42 Å². The van der Waals surface area contributed by atoms with Crippen molar-refractivity contribution in [1.82, 2.24) is 19.5 Å². The van der Waals surface area contributed by atoms with E-state index in [1.807, 2.05) is 47.7 Å². The minimum atomic E-state index is 0.580. The molecule has 12 rings (SSSR count). The number of thiophene rings is 1. The van der Waals surface area contributed by atoms with E-state index in [-0.39, 0.29) is 0 Å². The Morgan fingerprint density at radius 1 is 0.431 bits per heavy atom. The summed E-state index contributed by atoms with van der Waals surface area (Å²) in [5.41, 5.74) is 10.7. The van der Waals surface area contributed by atoms with Gasteiger partial charge in [0.15, 0.2) is 11.6 Å². The molecule has 6 heteroatoms. The van der Waals surface area contributed by atoms with E-state index in [9.17, 15) is 0 Å². The van der Waals surface area contributed by atoms with Crippen LogP contribution in [0, 0.1) is 0 Å². The summed E-state index contributed by atoms with van der Waals surface area (Å²) in [6.07, 6.45) is 0.580. The van der Waals surface area contributed by atoms with Gasteiger partial charge < -0.3 is 8.98 Å². The Morgan fingerprint density at radius 3 is 1.81 bits per heavy atom. The van der Waals surface area contributed by atoms with Crippen LogP contribution in [0.25, 0.3) is 104 Å². The fraction of sp³-hybridized carbons (Fsp3) is 0.0192. The summed E-state index contributed by atoms with van der Waals surface area (Å²) in [5.74, 6) is 2.10. The van der Waals surface area contributed by atoms with Crippen molar-refractivity contribution >= 4 is 75.3 Å². The van der Waals surface area contributed by atoms with Gasteiger partial charge in [-0.15, -0.1) is 11.3 Å². The van der Waals surface area contributed by atoms with E-state index in [1.165, 1.54) is 47.5 Å². The summed E-state index contributed by atoms with van der Waals surface area (Å²) in [6, 6.07) is 64.1. The van der Waals surface area contributed by atoms with Gasteiger partial charge in [0.05, 0.1) is 11.0 Å². The Bertz CT molecular complexity index is 3440. The van der Waals surface area contributed by atoms with Crippen molar-refractivity contribution in [2.75, 3.05) is 0 Å². The second-order valence-corrected chi connectivity index (χ2v) is 15.9. The van der Waals surface area contributed by atoms with E-state index in [2.05, 4.69) is 150 Å². The number of furan rings is 1. The second-order valence-electron chi connectivity index (χ2n) is 14.8. The Kier molecular flexibility index (Phi) is 7.40. The van der Waals surface area contributed by atoms with Gasteiger partial charge in [0, 0.05) is 65.0 Å². The second kappa shape index (κ2) is 13.1. The first-order valence-corrected chi connectivity index (χ1v) is 20.3. The van der Waals surface area contributed by atoms with E-state index in [1.54, 1.807) is 0 Å². The highest BCUT2D eigenvalue weighted by Crippen LogP contribution is 2.41. The van der Waals surface area contributed by atoms with Gasteiger partial charge in [-0.2, -0.15) is 0 Å².